The maximum atomic E-state index is 12.8. The van der Waals surface area contributed by atoms with Gasteiger partial charge in [-0.05, 0) is 37.1 Å². The zero-order chi connectivity index (χ0) is 22.6. The topological polar surface area (TPSA) is 76.9 Å². The Kier molecular flexibility index (Phi) is 5.81. The van der Waals surface area contributed by atoms with Crippen molar-refractivity contribution >= 4 is 17.4 Å². The van der Waals surface area contributed by atoms with E-state index in [1.165, 1.54) is 6.42 Å². The van der Waals surface area contributed by atoms with E-state index in [-0.39, 0.29) is 11.7 Å². The summed E-state index contributed by atoms with van der Waals surface area (Å²) < 4.78 is 2.19. The van der Waals surface area contributed by atoms with Gasteiger partial charge in [0.05, 0.1) is 0 Å². The standard InChI is InChI=1S/C27H24N4O2/c32-25(19-8-3-1-4-9-19)20-13-15-21(16-14-20)27(33)28-23-11-7-10-22(18-23)26-30-29-24-12-5-2-6-17-31(24)26/h1,3-4,7-11,13-16,18H,2,5-6,12,17H2,(H,28,33). The van der Waals surface area contributed by atoms with E-state index < -0.39 is 0 Å². The van der Waals surface area contributed by atoms with E-state index in [0.29, 0.717) is 22.4 Å². The predicted octanol–water partition coefficient (Wildman–Crippen LogP) is 5.15. The van der Waals surface area contributed by atoms with Crippen LogP contribution in [0.5, 0.6) is 0 Å². The number of benzene rings is 3. The molecule has 3 aromatic carbocycles. The third-order valence-electron chi connectivity index (χ3n) is 5.93. The number of fused-ring (bicyclic) bond motifs is 1. The molecule has 0 unspecified atom stereocenters. The molecule has 4 aromatic rings. The smallest absolute Gasteiger partial charge is 0.255 e. The maximum Gasteiger partial charge on any atom is 0.255 e. The van der Waals surface area contributed by atoms with Crippen molar-refractivity contribution in [3.8, 4) is 11.4 Å². The first kappa shape index (κ1) is 20.8. The summed E-state index contributed by atoms with van der Waals surface area (Å²) in [6.07, 6.45) is 4.42. The minimum atomic E-state index is -0.231. The molecule has 0 spiro atoms. The SMILES string of the molecule is O=C(Nc1cccc(-c2nnc3n2CCCCC3)c1)c1ccc(C(=O)c2ccccc2)cc1. The van der Waals surface area contributed by atoms with Gasteiger partial charge in [0.25, 0.3) is 5.91 Å². The van der Waals surface area contributed by atoms with Crippen LogP contribution in [0.3, 0.4) is 0 Å². The fourth-order valence-corrected chi connectivity index (χ4v) is 4.17. The quantitative estimate of drug-likeness (QED) is 0.439. The summed E-state index contributed by atoms with van der Waals surface area (Å²) in [5.74, 6) is 1.57. The molecule has 0 saturated heterocycles. The Balaban J connectivity index is 1.32. The van der Waals surface area contributed by atoms with E-state index in [4.69, 9.17) is 0 Å². The molecule has 0 fully saturated rings. The van der Waals surface area contributed by atoms with E-state index >= 15 is 0 Å². The molecule has 0 bridgehead atoms. The van der Waals surface area contributed by atoms with Crippen LogP contribution >= 0.6 is 0 Å². The number of carbonyl (C=O) groups excluding carboxylic acids is 2. The molecular formula is C27H24N4O2. The molecule has 1 amide bonds. The average Bonchev–Trinajstić information content (AvgIpc) is 3.12. The molecule has 164 valence electrons. The molecule has 33 heavy (non-hydrogen) atoms. The monoisotopic (exact) mass is 436 g/mol. The predicted molar refractivity (Wildman–Crippen MR) is 127 cm³/mol. The van der Waals surface area contributed by atoms with Gasteiger partial charge in [0.2, 0.25) is 0 Å². The Bertz CT molecular complexity index is 1290. The fourth-order valence-electron chi connectivity index (χ4n) is 4.17. The number of nitrogens with zero attached hydrogens (tertiary/aromatic N) is 3. The molecule has 1 aliphatic heterocycles. The van der Waals surface area contributed by atoms with Crippen molar-refractivity contribution in [2.75, 3.05) is 5.32 Å². The molecule has 0 saturated carbocycles. The Hall–Kier alpha value is -4.06. The molecule has 1 N–H and O–H groups in total. The number of ketones is 1. The largest absolute Gasteiger partial charge is 0.322 e. The van der Waals surface area contributed by atoms with Gasteiger partial charge in [0.1, 0.15) is 5.82 Å². The second kappa shape index (κ2) is 9.20. The number of aryl methyl sites for hydroxylation is 1. The molecule has 1 aromatic heterocycles. The molecular weight excluding hydrogens is 412 g/mol. The zero-order valence-corrected chi connectivity index (χ0v) is 18.2. The first-order valence-corrected chi connectivity index (χ1v) is 11.2. The molecule has 5 rings (SSSR count). The normalized spacial score (nSPS) is 13.1. The van der Waals surface area contributed by atoms with Gasteiger partial charge in [0, 0.05) is 40.9 Å². The van der Waals surface area contributed by atoms with Crippen LogP contribution < -0.4 is 5.32 Å². The van der Waals surface area contributed by atoms with Gasteiger partial charge in [-0.2, -0.15) is 0 Å². The van der Waals surface area contributed by atoms with Crippen molar-refractivity contribution in [2.45, 2.75) is 32.2 Å². The lowest BCUT2D eigenvalue weighted by Crippen LogP contribution is -2.12. The summed E-state index contributed by atoms with van der Waals surface area (Å²) in [4.78, 5) is 25.4. The molecule has 6 nitrogen and oxygen atoms in total. The number of aromatic nitrogens is 3. The van der Waals surface area contributed by atoms with Crippen LogP contribution in [0.4, 0.5) is 5.69 Å². The molecule has 1 aliphatic rings. The third kappa shape index (κ3) is 4.46. The van der Waals surface area contributed by atoms with Crippen LogP contribution in [0.1, 0.15) is 51.4 Å². The van der Waals surface area contributed by atoms with Crippen molar-refractivity contribution in [1.82, 2.24) is 14.8 Å². The lowest BCUT2D eigenvalue weighted by molar-refractivity contribution is 0.102. The van der Waals surface area contributed by atoms with Crippen LogP contribution in [0.25, 0.3) is 11.4 Å². The van der Waals surface area contributed by atoms with Crippen molar-refractivity contribution in [3.63, 3.8) is 0 Å². The van der Waals surface area contributed by atoms with Gasteiger partial charge < -0.3 is 9.88 Å². The summed E-state index contributed by atoms with van der Waals surface area (Å²) in [6.45, 7) is 0.919. The average molecular weight is 437 g/mol. The lowest BCUT2D eigenvalue weighted by Gasteiger charge is -2.10. The van der Waals surface area contributed by atoms with Gasteiger partial charge in [-0.1, -0.05) is 61.0 Å². The van der Waals surface area contributed by atoms with Gasteiger partial charge in [0.15, 0.2) is 11.6 Å². The molecule has 0 atom stereocenters. The Morgan fingerprint density at radius 3 is 2.33 bits per heavy atom. The molecule has 0 radical (unpaired) electrons. The summed E-state index contributed by atoms with van der Waals surface area (Å²) in [5, 5.41) is 11.7. The summed E-state index contributed by atoms with van der Waals surface area (Å²) in [7, 11) is 0. The molecule has 6 heteroatoms. The Morgan fingerprint density at radius 2 is 1.52 bits per heavy atom. The van der Waals surface area contributed by atoms with E-state index in [0.717, 1.165) is 43.0 Å². The van der Waals surface area contributed by atoms with Gasteiger partial charge in [-0.25, -0.2) is 0 Å². The number of hydrogen-bond acceptors (Lipinski definition) is 4. The highest BCUT2D eigenvalue weighted by Crippen LogP contribution is 2.25. The zero-order valence-electron chi connectivity index (χ0n) is 18.2. The first-order valence-electron chi connectivity index (χ1n) is 11.2. The van der Waals surface area contributed by atoms with E-state index in [2.05, 4.69) is 20.1 Å². The highest BCUT2D eigenvalue weighted by molar-refractivity contribution is 6.10. The van der Waals surface area contributed by atoms with Crippen LogP contribution in [0.15, 0.2) is 78.9 Å². The molecule has 0 aliphatic carbocycles. The number of amides is 1. The highest BCUT2D eigenvalue weighted by atomic mass is 16.1. The van der Waals surface area contributed by atoms with Gasteiger partial charge >= 0.3 is 0 Å². The van der Waals surface area contributed by atoms with Crippen LogP contribution in [0.2, 0.25) is 0 Å². The number of rotatable bonds is 5. The Labute approximate surface area is 192 Å². The van der Waals surface area contributed by atoms with E-state index in [1.54, 1.807) is 36.4 Å². The Morgan fingerprint density at radius 1 is 0.758 bits per heavy atom. The summed E-state index contributed by atoms with van der Waals surface area (Å²) in [6, 6.07) is 23.5. The number of nitrogens with one attached hydrogen (secondary N) is 1. The number of carbonyl (C=O) groups is 2. The van der Waals surface area contributed by atoms with Crippen molar-refractivity contribution in [2.24, 2.45) is 0 Å². The number of anilines is 1. The van der Waals surface area contributed by atoms with Crippen LogP contribution in [0, 0.1) is 0 Å². The van der Waals surface area contributed by atoms with Crippen molar-refractivity contribution in [1.29, 1.82) is 0 Å². The van der Waals surface area contributed by atoms with Gasteiger partial charge in [-0.3, -0.25) is 9.59 Å². The third-order valence-corrected chi connectivity index (χ3v) is 5.93. The van der Waals surface area contributed by atoms with E-state index in [1.807, 2.05) is 42.5 Å². The highest BCUT2D eigenvalue weighted by Gasteiger charge is 2.17. The second-order valence-corrected chi connectivity index (χ2v) is 8.21. The second-order valence-electron chi connectivity index (χ2n) is 8.21. The number of hydrogen-bond donors (Lipinski definition) is 1. The van der Waals surface area contributed by atoms with Crippen LogP contribution in [-0.4, -0.2) is 26.5 Å². The lowest BCUT2D eigenvalue weighted by atomic mass is 10.0. The van der Waals surface area contributed by atoms with E-state index in [9.17, 15) is 9.59 Å². The minimum Gasteiger partial charge on any atom is -0.322 e. The van der Waals surface area contributed by atoms with Crippen LogP contribution in [-0.2, 0) is 13.0 Å². The van der Waals surface area contributed by atoms with Gasteiger partial charge in [-0.15, -0.1) is 10.2 Å². The molecule has 2 heterocycles. The first-order chi connectivity index (χ1) is 16.2. The van der Waals surface area contributed by atoms with Crippen molar-refractivity contribution in [3.05, 3.63) is 101 Å². The minimum absolute atomic E-state index is 0.0669. The summed E-state index contributed by atoms with van der Waals surface area (Å²) in [5.41, 5.74) is 3.27. The van der Waals surface area contributed by atoms with Crippen molar-refractivity contribution < 1.29 is 9.59 Å². The fraction of sp³-hybridized carbons (Fsp3) is 0.185. The maximum absolute atomic E-state index is 12.8. The summed E-state index contributed by atoms with van der Waals surface area (Å²) >= 11 is 0.